The number of non-ortho nitro benzene ring substituents is 1. The molecule has 1 aliphatic rings. The number of hydrogen-bond donors (Lipinski definition) is 1. The van der Waals surface area contributed by atoms with Gasteiger partial charge in [-0.2, -0.15) is 5.26 Å². The lowest BCUT2D eigenvalue weighted by molar-refractivity contribution is -0.384. The molecule has 0 bridgehead atoms. The lowest BCUT2D eigenvalue weighted by Gasteiger charge is -2.26. The molecule has 0 radical (unpaired) electrons. The number of nitrogens with one attached hydrogen (secondary N) is 1. The van der Waals surface area contributed by atoms with Crippen LogP contribution in [-0.4, -0.2) is 40.2 Å². The van der Waals surface area contributed by atoms with Crippen LogP contribution in [0.5, 0.6) is 0 Å². The first kappa shape index (κ1) is 17.7. The third-order valence-electron chi connectivity index (χ3n) is 3.59. The standard InChI is InChI=1S/C15H17N5O3S/c1-24-15(17-10-16)18-12-7-11(8-13(9-12)20(22)23)14(21)19-5-3-2-4-6-19/h7-9H,2-6H2,1H3,(H,17,18). The number of nitrogens with zero attached hydrogens (tertiary/aromatic N) is 4. The van der Waals surface area contributed by atoms with Crippen molar-refractivity contribution in [2.75, 3.05) is 19.3 Å². The maximum absolute atomic E-state index is 12.6. The van der Waals surface area contributed by atoms with Gasteiger partial charge < -0.3 is 4.90 Å². The van der Waals surface area contributed by atoms with Crippen LogP contribution in [0.3, 0.4) is 0 Å². The molecule has 0 unspecified atom stereocenters. The molecule has 0 aliphatic carbocycles. The molecule has 1 N–H and O–H groups in total. The number of rotatable bonds is 3. The van der Waals surface area contributed by atoms with E-state index >= 15 is 0 Å². The van der Waals surface area contributed by atoms with E-state index in [0.29, 0.717) is 18.3 Å². The first-order valence-electron chi connectivity index (χ1n) is 7.41. The van der Waals surface area contributed by atoms with Gasteiger partial charge in [0.15, 0.2) is 11.4 Å². The summed E-state index contributed by atoms with van der Waals surface area (Å²) in [4.78, 5) is 29.1. The van der Waals surface area contributed by atoms with Crippen molar-refractivity contribution >= 4 is 34.2 Å². The molecule has 1 saturated heterocycles. The summed E-state index contributed by atoms with van der Waals surface area (Å²) in [5, 5.41) is 22.5. The van der Waals surface area contributed by atoms with E-state index in [-0.39, 0.29) is 22.8 Å². The SMILES string of the molecule is CSC(=Nc1cc(C(=O)N2CCCCC2)cc([N+](=O)[O-])c1)NC#N. The number of carbonyl (C=O) groups excluding carboxylic acids is 1. The van der Waals surface area contributed by atoms with Crippen molar-refractivity contribution in [1.82, 2.24) is 10.2 Å². The highest BCUT2D eigenvalue weighted by atomic mass is 32.2. The Morgan fingerprint density at radius 1 is 1.38 bits per heavy atom. The van der Waals surface area contributed by atoms with Gasteiger partial charge in [0.2, 0.25) is 0 Å². The molecule has 1 aliphatic heterocycles. The summed E-state index contributed by atoms with van der Waals surface area (Å²) in [7, 11) is 0. The lowest BCUT2D eigenvalue weighted by atomic mass is 10.1. The van der Waals surface area contributed by atoms with E-state index < -0.39 is 4.92 Å². The fraction of sp³-hybridized carbons (Fsp3) is 0.400. The monoisotopic (exact) mass is 347 g/mol. The van der Waals surface area contributed by atoms with Crippen LogP contribution < -0.4 is 5.32 Å². The van der Waals surface area contributed by atoms with Crippen LogP contribution in [0.25, 0.3) is 0 Å². The Balaban J connectivity index is 2.39. The molecule has 0 spiro atoms. The summed E-state index contributed by atoms with van der Waals surface area (Å²) in [5.74, 6) is -0.228. The number of nitro groups is 1. The fourth-order valence-electron chi connectivity index (χ4n) is 2.46. The normalized spacial score (nSPS) is 14.8. The number of benzene rings is 1. The van der Waals surface area contributed by atoms with Gasteiger partial charge in [-0.25, -0.2) is 4.99 Å². The molecule has 24 heavy (non-hydrogen) atoms. The van der Waals surface area contributed by atoms with Crippen molar-refractivity contribution < 1.29 is 9.72 Å². The van der Waals surface area contributed by atoms with Gasteiger partial charge in [0.1, 0.15) is 0 Å². The Hall–Kier alpha value is -2.60. The molecule has 0 atom stereocenters. The summed E-state index contributed by atoms with van der Waals surface area (Å²) >= 11 is 1.20. The number of hydrogen-bond acceptors (Lipinski definition) is 6. The van der Waals surface area contributed by atoms with Crippen LogP contribution in [0, 0.1) is 21.6 Å². The Morgan fingerprint density at radius 3 is 2.67 bits per heavy atom. The van der Waals surface area contributed by atoms with Crippen molar-refractivity contribution in [1.29, 1.82) is 5.26 Å². The molecular weight excluding hydrogens is 330 g/mol. The summed E-state index contributed by atoms with van der Waals surface area (Å²) in [6.45, 7) is 1.32. The van der Waals surface area contributed by atoms with E-state index in [1.165, 1.54) is 30.0 Å². The minimum atomic E-state index is -0.553. The molecule has 1 heterocycles. The largest absolute Gasteiger partial charge is 0.339 e. The Kier molecular flexibility index (Phi) is 6.14. The first-order valence-corrected chi connectivity index (χ1v) is 8.64. The van der Waals surface area contributed by atoms with E-state index in [2.05, 4.69) is 10.3 Å². The molecule has 1 amide bonds. The Morgan fingerprint density at radius 2 is 2.08 bits per heavy atom. The van der Waals surface area contributed by atoms with Gasteiger partial charge in [0.05, 0.1) is 10.6 Å². The number of carbonyl (C=O) groups is 1. The second kappa shape index (κ2) is 8.31. The van der Waals surface area contributed by atoms with Crippen LogP contribution in [0.1, 0.15) is 29.6 Å². The Bertz CT molecular complexity index is 708. The number of nitriles is 1. The van der Waals surface area contributed by atoms with Crippen LogP contribution in [0.15, 0.2) is 23.2 Å². The van der Waals surface area contributed by atoms with Gasteiger partial charge in [-0.15, -0.1) is 0 Å². The zero-order chi connectivity index (χ0) is 17.5. The second-order valence-electron chi connectivity index (χ2n) is 5.21. The zero-order valence-electron chi connectivity index (χ0n) is 13.2. The van der Waals surface area contributed by atoms with Crippen molar-refractivity contribution in [3.05, 3.63) is 33.9 Å². The molecule has 126 valence electrons. The molecule has 1 aromatic rings. The number of nitro benzene ring substituents is 1. The summed E-state index contributed by atoms with van der Waals surface area (Å²) < 4.78 is 0. The first-order chi connectivity index (χ1) is 11.5. The van der Waals surface area contributed by atoms with E-state index in [9.17, 15) is 14.9 Å². The van der Waals surface area contributed by atoms with Crippen molar-refractivity contribution in [3.63, 3.8) is 0 Å². The predicted molar refractivity (Wildman–Crippen MR) is 92.2 cm³/mol. The maximum atomic E-state index is 12.6. The lowest BCUT2D eigenvalue weighted by Crippen LogP contribution is -2.35. The number of piperidine rings is 1. The second-order valence-corrected chi connectivity index (χ2v) is 6.00. The highest BCUT2D eigenvalue weighted by Gasteiger charge is 2.21. The quantitative estimate of drug-likeness (QED) is 0.225. The number of aliphatic imine (C=N–C) groups is 1. The minimum absolute atomic E-state index is 0.200. The molecule has 2 rings (SSSR count). The van der Waals surface area contributed by atoms with Gasteiger partial charge in [-0.1, -0.05) is 11.8 Å². The maximum Gasteiger partial charge on any atom is 0.272 e. The molecule has 9 heteroatoms. The van der Waals surface area contributed by atoms with Crippen molar-refractivity contribution in [2.24, 2.45) is 4.99 Å². The fourth-order valence-corrected chi connectivity index (χ4v) is 2.80. The number of thioether (sulfide) groups is 1. The van der Waals surface area contributed by atoms with E-state index in [0.717, 1.165) is 19.3 Å². The van der Waals surface area contributed by atoms with Crippen LogP contribution in [0.2, 0.25) is 0 Å². The van der Waals surface area contributed by atoms with Gasteiger partial charge >= 0.3 is 0 Å². The highest BCUT2D eigenvalue weighted by molar-refractivity contribution is 8.13. The molecule has 1 aromatic carbocycles. The summed E-state index contributed by atoms with van der Waals surface area (Å²) in [6, 6.07) is 4.06. The third-order valence-corrected chi connectivity index (χ3v) is 4.17. The molecule has 1 fully saturated rings. The minimum Gasteiger partial charge on any atom is -0.339 e. The molecule has 0 aromatic heterocycles. The highest BCUT2D eigenvalue weighted by Crippen LogP contribution is 2.25. The third kappa shape index (κ3) is 4.45. The van der Waals surface area contributed by atoms with Gasteiger partial charge in [-0.3, -0.25) is 20.2 Å². The van der Waals surface area contributed by atoms with Crippen molar-refractivity contribution in [2.45, 2.75) is 19.3 Å². The topological polar surface area (TPSA) is 112 Å². The van der Waals surface area contributed by atoms with E-state index in [1.54, 1.807) is 17.3 Å². The Labute approximate surface area is 143 Å². The van der Waals surface area contributed by atoms with Gasteiger partial charge in [-0.05, 0) is 31.6 Å². The number of amidine groups is 1. The van der Waals surface area contributed by atoms with Gasteiger partial charge in [0, 0.05) is 30.8 Å². The smallest absolute Gasteiger partial charge is 0.272 e. The van der Waals surface area contributed by atoms with Gasteiger partial charge in [0.25, 0.3) is 11.6 Å². The van der Waals surface area contributed by atoms with Crippen molar-refractivity contribution in [3.8, 4) is 6.19 Å². The summed E-state index contributed by atoms with van der Waals surface area (Å²) in [6.07, 6.45) is 6.44. The average molecular weight is 347 g/mol. The summed E-state index contributed by atoms with van der Waals surface area (Å²) in [5.41, 5.74) is 0.299. The molecule has 0 saturated carbocycles. The average Bonchev–Trinajstić information content (AvgIpc) is 2.61. The zero-order valence-corrected chi connectivity index (χ0v) is 14.0. The number of amides is 1. The van der Waals surface area contributed by atoms with Crippen LogP contribution in [0.4, 0.5) is 11.4 Å². The molecular formula is C15H17N5O3S. The van der Waals surface area contributed by atoms with E-state index in [4.69, 9.17) is 5.26 Å². The number of likely N-dealkylation sites (tertiary alicyclic amines) is 1. The van der Waals surface area contributed by atoms with E-state index in [1.807, 2.05) is 0 Å². The molecule has 8 nitrogen and oxygen atoms in total. The van der Waals surface area contributed by atoms with Crippen LogP contribution >= 0.6 is 11.8 Å². The van der Waals surface area contributed by atoms with Crippen LogP contribution in [-0.2, 0) is 0 Å². The predicted octanol–water partition coefficient (Wildman–Crippen LogP) is 2.64.